The highest BCUT2D eigenvalue weighted by Crippen LogP contribution is 2.25. The van der Waals surface area contributed by atoms with Crippen molar-refractivity contribution in [1.82, 2.24) is 5.32 Å². The summed E-state index contributed by atoms with van der Waals surface area (Å²) in [5, 5.41) is 38.0. The number of aliphatic carboxylic acids is 1. The molecule has 7 heteroatoms. The molecule has 1 atom stereocenters. The average Bonchev–Trinajstić information content (AvgIpc) is 2.25. The summed E-state index contributed by atoms with van der Waals surface area (Å²) in [6, 6.07) is 3.73. The molecular formula is C10H11NO6. The van der Waals surface area contributed by atoms with Crippen LogP contribution >= 0.6 is 0 Å². The van der Waals surface area contributed by atoms with Gasteiger partial charge < -0.3 is 25.7 Å². The monoisotopic (exact) mass is 241 g/mol. The number of carboxylic acid groups (broad SMARTS) is 1. The summed E-state index contributed by atoms with van der Waals surface area (Å²) in [6.07, 6.45) is -1.74. The maximum atomic E-state index is 11.5. The van der Waals surface area contributed by atoms with Gasteiger partial charge in [-0.25, -0.2) is 4.79 Å². The second-order valence-corrected chi connectivity index (χ2v) is 3.24. The first-order chi connectivity index (χ1) is 7.93. The number of hydrogen-bond acceptors (Lipinski definition) is 5. The van der Waals surface area contributed by atoms with E-state index in [1.54, 1.807) is 0 Å². The van der Waals surface area contributed by atoms with Crippen LogP contribution in [0.15, 0.2) is 18.2 Å². The Balaban J connectivity index is 2.74. The highest BCUT2D eigenvalue weighted by atomic mass is 16.4. The van der Waals surface area contributed by atoms with Gasteiger partial charge in [-0.15, -0.1) is 0 Å². The summed E-state index contributed by atoms with van der Waals surface area (Å²) in [5.41, 5.74) is -0.370. The molecule has 0 aromatic heterocycles. The number of aromatic hydroxyl groups is 2. The molecule has 17 heavy (non-hydrogen) atoms. The van der Waals surface area contributed by atoms with Crippen LogP contribution in [-0.2, 0) is 4.79 Å². The lowest BCUT2D eigenvalue weighted by atomic mass is 10.1. The molecule has 0 heterocycles. The second kappa shape index (κ2) is 5.17. The molecule has 7 nitrogen and oxygen atoms in total. The van der Waals surface area contributed by atoms with Crippen LogP contribution in [0.1, 0.15) is 10.4 Å². The third-order valence-electron chi connectivity index (χ3n) is 1.99. The van der Waals surface area contributed by atoms with E-state index in [1.165, 1.54) is 18.2 Å². The van der Waals surface area contributed by atoms with Crippen molar-refractivity contribution in [1.29, 1.82) is 0 Å². The molecule has 0 aliphatic carbocycles. The van der Waals surface area contributed by atoms with Crippen molar-refractivity contribution in [2.75, 3.05) is 6.54 Å². The van der Waals surface area contributed by atoms with E-state index >= 15 is 0 Å². The van der Waals surface area contributed by atoms with Crippen LogP contribution in [0.5, 0.6) is 11.5 Å². The van der Waals surface area contributed by atoms with Crippen molar-refractivity contribution >= 4 is 11.9 Å². The van der Waals surface area contributed by atoms with Gasteiger partial charge in [0.1, 0.15) is 17.1 Å². The second-order valence-electron chi connectivity index (χ2n) is 3.24. The zero-order chi connectivity index (χ0) is 13.0. The van der Waals surface area contributed by atoms with Crippen LogP contribution in [0.3, 0.4) is 0 Å². The summed E-state index contributed by atoms with van der Waals surface area (Å²) in [6.45, 7) is -0.526. The Bertz CT molecular complexity index is 424. The van der Waals surface area contributed by atoms with E-state index in [9.17, 15) is 19.8 Å². The van der Waals surface area contributed by atoms with E-state index in [4.69, 9.17) is 10.2 Å². The minimum atomic E-state index is -1.74. The van der Waals surface area contributed by atoms with Crippen molar-refractivity contribution in [3.05, 3.63) is 23.8 Å². The van der Waals surface area contributed by atoms with E-state index in [0.29, 0.717) is 0 Å². The molecule has 0 saturated heterocycles. The smallest absolute Gasteiger partial charge is 0.334 e. The van der Waals surface area contributed by atoms with Crippen molar-refractivity contribution < 1.29 is 30.0 Å². The molecule has 1 rings (SSSR count). The summed E-state index contributed by atoms with van der Waals surface area (Å²) >= 11 is 0. The number of nitrogens with one attached hydrogen (secondary N) is 1. The van der Waals surface area contributed by atoms with Gasteiger partial charge in [-0.2, -0.15) is 0 Å². The Labute approximate surface area is 95.9 Å². The Morgan fingerprint density at radius 1 is 1.24 bits per heavy atom. The number of phenols is 2. The van der Waals surface area contributed by atoms with Gasteiger partial charge in [0.05, 0.1) is 6.54 Å². The topological polar surface area (TPSA) is 127 Å². The first kappa shape index (κ1) is 12.8. The molecule has 0 saturated carbocycles. The lowest BCUT2D eigenvalue weighted by molar-refractivity contribution is -0.146. The molecule has 0 aliphatic heterocycles. The predicted molar refractivity (Wildman–Crippen MR) is 55.7 cm³/mol. The fourth-order valence-corrected chi connectivity index (χ4v) is 1.13. The number of carboxylic acids is 1. The number of carbonyl (C=O) groups is 2. The van der Waals surface area contributed by atoms with Crippen LogP contribution in [0, 0.1) is 0 Å². The molecule has 0 unspecified atom stereocenters. The van der Waals surface area contributed by atoms with Gasteiger partial charge in [0.25, 0.3) is 5.91 Å². The van der Waals surface area contributed by atoms with Crippen molar-refractivity contribution in [3.63, 3.8) is 0 Å². The van der Waals surface area contributed by atoms with Gasteiger partial charge in [0.15, 0.2) is 6.10 Å². The predicted octanol–water partition coefficient (Wildman–Crippen LogP) is -0.727. The maximum Gasteiger partial charge on any atom is 0.334 e. The molecule has 5 N–H and O–H groups in total. The number of carbonyl (C=O) groups excluding carboxylic acids is 1. The molecule has 92 valence electrons. The number of aliphatic hydroxyl groups is 1. The average molecular weight is 241 g/mol. The standard InChI is InChI=1S/C10H11NO6/c12-5-2-1-3-6(13)8(5)9(15)11-4-7(14)10(16)17/h1-3,7,12-14H,4H2,(H,11,15)(H,16,17)/t7-/m0/s1. The molecular weight excluding hydrogens is 230 g/mol. The van der Waals surface area contributed by atoms with Gasteiger partial charge in [0.2, 0.25) is 0 Å². The van der Waals surface area contributed by atoms with Crippen molar-refractivity contribution in [3.8, 4) is 11.5 Å². The third-order valence-corrected chi connectivity index (χ3v) is 1.99. The van der Waals surface area contributed by atoms with Crippen LogP contribution < -0.4 is 5.32 Å². The molecule has 1 amide bonds. The number of amides is 1. The fraction of sp³-hybridized carbons (Fsp3) is 0.200. The molecule has 0 spiro atoms. The van der Waals surface area contributed by atoms with Crippen LogP contribution in [0.25, 0.3) is 0 Å². The van der Waals surface area contributed by atoms with Gasteiger partial charge in [-0.3, -0.25) is 4.79 Å². The Morgan fingerprint density at radius 3 is 2.24 bits per heavy atom. The van der Waals surface area contributed by atoms with E-state index in [2.05, 4.69) is 5.32 Å². The maximum absolute atomic E-state index is 11.5. The summed E-state index contributed by atoms with van der Waals surface area (Å²) in [4.78, 5) is 21.8. The number of phenolic OH excluding ortho intramolecular Hbond substituents is 2. The Morgan fingerprint density at radius 2 is 1.76 bits per heavy atom. The molecule has 1 aromatic rings. The number of hydrogen-bond donors (Lipinski definition) is 5. The number of rotatable bonds is 4. The Hall–Kier alpha value is -2.28. The van der Waals surface area contributed by atoms with Crippen LogP contribution in [0.4, 0.5) is 0 Å². The first-order valence-electron chi connectivity index (χ1n) is 4.63. The number of aliphatic hydroxyl groups excluding tert-OH is 1. The van der Waals surface area contributed by atoms with Gasteiger partial charge in [-0.1, -0.05) is 6.07 Å². The van der Waals surface area contributed by atoms with E-state index in [1.807, 2.05) is 0 Å². The first-order valence-corrected chi connectivity index (χ1v) is 4.63. The zero-order valence-corrected chi connectivity index (χ0v) is 8.62. The highest BCUT2D eigenvalue weighted by molar-refractivity contribution is 5.99. The molecule has 0 fully saturated rings. The van der Waals surface area contributed by atoms with Crippen LogP contribution in [-0.4, -0.2) is 45.0 Å². The minimum Gasteiger partial charge on any atom is -0.507 e. The third kappa shape index (κ3) is 3.08. The lowest BCUT2D eigenvalue weighted by Crippen LogP contribution is -2.36. The summed E-state index contributed by atoms with van der Waals surface area (Å²) < 4.78 is 0. The summed E-state index contributed by atoms with van der Waals surface area (Å²) in [5.74, 6) is -3.23. The van der Waals surface area contributed by atoms with Gasteiger partial charge >= 0.3 is 5.97 Å². The van der Waals surface area contributed by atoms with E-state index in [-0.39, 0.29) is 5.56 Å². The van der Waals surface area contributed by atoms with E-state index < -0.39 is 36.0 Å². The van der Waals surface area contributed by atoms with Crippen molar-refractivity contribution in [2.45, 2.75) is 6.10 Å². The number of benzene rings is 1. The molecule has 0 aliphatic rings. The summed E-state index contributed by atoms with van der Waals surface area (Å²) in [7, 11) is 0. The van der Waals surface area contributed by atoms with Crippen LogP contribution in [0.2, 0.25) is 0 Å². The SMILES string of the molecule is O=C(NC[C@H](O)C(=O)O)c1c(O)cccc1O. The van der Waals surface area contributed by atoms with E-state index in [0.717, 1.165) is 0 Å². The molecule has 0 radical (unpaired) electrons. The lowest BCUT2D eigenvalue weighted by Gasteiger charge is -2.09. The highest BCUT2D eigenvalue weighted by Gasteiger charge is 2.19. The van der Waals surface area contributed by atoms with Crippen molar-refractivity contribution in [2.24, 2.45) is 0 Å². The molecule has 0 bridgehead atoms. The van der Waals surface area contributed by atoms with Gasteiger partial charge in [0, 0.05) is 0 Å². The zero-order valence-electron chi connectivity index (χ0n) is 8.62. The normalized spacial score (nSPS) is 11.8. The Kier molecular flexibility index (Phi) is 3.89. The quantitative estimate of drug-likeness (QED) is 0.473. The van der Waals surface area contributed by atoms with Gasteiger partial charge in [-0.05, 0) is 12.1 Å². The fourth-order valence-electron chi connectivity index (χ4n) is 1.13. The minimum absolute atomic E-state index is 0.370. The largest absolute Gasteiger partial charge is 0.507 e. The molecule has 1 aromatic carbocycles.